The van der Waals surface area contributed by atoms with Gasteiger partial charge in [-0.1, -0.05) is 137 Å². The van der Waals surface area contributed by atoms with E-state index in [0.29, 0.717) is 5.56 Å². The van der Waals surface area contributed by atoms with Gasteiger partial charge in [0, 0.05) is 27.2 Å². The standard InChI is InChI=1S/C50H36N2/c1-49(2)43-15-9-7-12-35(43)37-23-21-32(25-45(37)49)40-27-42-41(33-22-24-38-36-13-8-10-16-44(36)50(3,4)46(38)26-33)28-47(31-19-17-30(29-51)18-20-31)52-48(42)39-14-6-5-11-34(39)40/h5-28H,1-4H3. The van der Waals surface area contributed by atoms with Gasteiger partial charge in [0.15, 0.2) is 0 Å². The van der Waals surface area contributed by atoms with Crippen LogP contribution in [0.3, 0.4) is 0 Å². The van der Waals surface area contributed by atoms with Gasteiger partial charge in [-0.05, 0) is 109 Å². The largest absolute Gasteiger partial charge is 0.247 e. The number of aromatic nitrogens is 1. The minimum atomic E-state index is -0.118. The first-order chi connectivity index (χ1) is 25.2. The van der Waals surface area contributed by atoms with Gasteiger partial charge in [0.1, 0.15) is 0 Å². The molecule has 52 heavy (non-hydrogen) atoms. The van der Waals surface area contributed by atoms with Crippen molar-refractivity contribution in [1.29, 1.82) is 5.26 Å². The summed E-state index contributed by atoms with van der Waals surface area (Å²) in [6.07, 6.45) is 0. The summed E-state index contributed by atoms with van der Waals surface area (Å²) in [5.74, 6) is 0. The second kappa shape index (κ2) is 10.8. The molecule has 2 heteroatoms. The maximum atomic E-state index is 9.52. The lowest BCUT2D eigenvalue weighted by molar-refractivity contribution is 0.660. The highest BCUT2D eigenvalue weighted by Gasteiger charge is 2.36. The van der Waals surface area contributed by atoms with E-state index in [0.717, 1.165) is 33.1 Å². The molecule has 10 rings (SSSR count). The summed E-state index contributed by atoms with van der Waals surface area (Å²) < 4.78 is 0. The lowest BCUT2D eigenvalue weighted by Gasteiger charge is -2.23. The summed E-state index contributed by atoms with van der Waals surface area (Å²) in [6, 6.07) is 55.1. The number of hydrogen-bond acceptors (Lipinski definition) is 2. The normalized spacial score (nSPS) is 14.4. The van der Waals surface area contributed by atoms with Gasteiger partial charge < -0.3 is 0 Å². The van der Waals surface area contributed by atoms with Crippen LogP contribution in [-0.2, 0) is 10.8 Å². The molecule has 0 fully saturated rings. The molecular formula is C50H36N2. The zero-order valence-electron chi connectivity index (χ0n) is 29.8. The van der Waals surface area contributed by atoms with Crippen LogP contribution in [0.2, 0.25) is 0 Å². The van der Waals surface area contributed by atoms with Gasteiger partial charge in [-0.15, -0.1) is 0 Å². The van der Waals surface area contributed by atoms with E-state index in [1.165, 1.54) is 66.6 Å². The van der Waals surface area contributed by atoms with E-state index in [1.54, 1.807) is 0 Å². The van der Waals surface area contributed by atoms with Crippen molar-refractivity contribution >= 4 is 21.7 Å². The van der Waals surface area contributed by atoms with Gasteiger partial charge in [0.25, 0.3) is 0 Å². The van der Waals surface area contributed by atoms with Gasteiger partial charge >= 0.3 is 0 Å². The Bertz CT molecular complexity index is 2850. The molecule has 246 valence electrons. The molecule has 2 aliphatic rings. The highest BCUT2D eigenvalue weighted by molar-refractivity contribution is 6.16. The van der Waals surface area contributed by atoms with Gasteiger partial charge in [-0.25, -0.2) is 4.98 Å². The molecule has 2 aliphatic carbocycles. The van der Waals surface area contributed by atoms with E-state index < -0.39 is 0 Å². The van der Waals surface area contributed by atoms with Crippen molar-refractivity contribution in [3.05, 3.63) is 173 Å². The second-order valence-electron chi connectivity index (χ2n) is 15.5. The third-order valence-corrected chi connectivity index (χ3v) is 11.9. The number of benzene rings is 7. The average molecular weight is 665 g/mol. The van der Waals surface area contributed by atoms with Crippen LogP contribution < -0.4 is 0 Å². The Morgan fingerprint density at radius 2 is 0.904 bits per heavy atom. The molecule has 0 saturated carbocycles. The van der Waals surface area contributed by atoms with Crippen LogP contribution in [0, 0.1) is 11.3 Å². The first-order valence-corrected chi connectivity index (χ1v) is 18.1. The number of rotatable bonds is 3. The summed E-state index contributed by atoms with van der Waals surface area (Å²) in [4.78, 5) is 5.41. The van der Waals surface area contributed by atoms with Crippen LogP contribution in [0.5, 0.6) is 0 Å². The molecule has 0 spiro atoms. The van der Waals surface area contributed by atoms with Crippen molar-refractivity contribution < 1.29 is 0 Å². The molecule has 0 amide bonds. The molecule has 0 N–H and O–H groups in total. The van der Waals surface area contributed by atoms with Crippen LogP contribution in [-0.4, -0.2) is 4.98 Å². The first-order valence-electron chi connectivity index (χ1n) is 18.1. The van der Waals surface area contributed by atoms with Crippen molar-refractivity contribution in [3.63, 3.8) is 0 Å². The average Bonchev–Trinajstić information content (AvgIpc) is 3.56. The van der Waals surface area contributed by atoms with Gasteiger partial charge in [0.05, 0.1) is 22.8 Å². The first kappa shape index (κ1) is 30.5. The summed E-state index contributed by atoms with van der Waals surface area (Å²) >= 11 is 0. The molecule has 0 radical (unpaired) electrons. The molecule has 0 unspecified atom stereocenters. The van der Waals surface area contributed by atoms with Crippen LogP contribution >= 0.6 is 0 Å². The number of hydrogen-bond donors (Lipinski definition) is 0. The van der Waals surface area contributed by atoms with Crippen molar-refractivity contribution in [2.24, 2.45) is 0 Å². The fraction of sp³-hybridized carbons (Fsp3) is 0.120. The maximum Gasteiger partial charge on any atom is 0.0991 e. The number of pyridine rings is 1. The summed E-state index contributed by atoms with van der Waals surface area (Å²) in [7, 11) is 0. The zero-order chi connectivity index (χ0) is 35.4. The SMILES string of the molecule is CC1(C)c2ccccc2-c2ccc(-c3cc4c(-c5ccc6c(c5)C(C)(C)c5ccccc5-6)cc(-c5ccc(C#N)cc5)nc4c4ccccc34)cc21. The molecular weight excluding hydrogens is 629 g/mol. The quantitative estimate of drug-likeness (QED) is 0.176. The van der Waals surface area contributed by atoms with Crippen molar-refractivity contribution in [2.45, 2.75) is 38.5 Å². The van der Waals surface area contributed by atoms with Crippen molar-refractivity contribution in [3.8, 4) is 61.8 Å². The Kier molecular flexibility index (Phi) is 6.37. The number of fused-ring (bicyclic) bond motifs is 9. The van der Waals surface area contributed by atoms with E-state index in [2.05, 4.69) is 155 Å². The number of nitriles is 1. The molecule has 0 bridgehead atoms. The molecule has 2 nitrogen and oxygen atoms in total. The molecule has 0 aliphatic heterocycles. The third-order valence-electron chi connectivity index (χ3n) is 11.9. The van der Waals surface area contributed by atoms with E-state index in [-0.39, 0.29) is 10.8 Å². The summed E-state index contributed by atoms with van der Waals surface area (Å²) in [5, 5.41) is 13.0. The van der Waals surface area contributed by atoms with Crippen LogP contribution in [0.4, 0.5) is 0 Å². The van der Waals surface area contributed by atoms with Crippen molar-refractivity contribution in [2.75, 3.05) is 0 Å². The van der Waals surface area contributed by atoms with Gasteiger partial charge in [-0.3, -0.25) is 0 Å². The Morgan fingerprint density at radius 3 is 1.48 bits per heavy atom. The third kappa shape index (κ3) is 4.26. The highest BCUT2D eigenvalue weighted by atomic mass is 14.7. The van der Waals surface area contributed by atoms with E-state index in [1.807, 2.05) is 24.3 Å². The van der Waals surface area contributed by atoms with Crippen molar-refractivity contribution in [1.82, 2.24) is 4.98 Å². The Hall–Kier alpha value is -6.30. The Morgan fingerprint density at radius 1 is 0.423 bits per heavy atom. The van der Waals surface area contributed by atoms with Gasteiger partial charge in [-0.2, -0.15) is 5.26 Å². The molecule has 8 aromatic rings. The molecule has 7 aromatic carbocycles. The van der Waals surface area contributed by atoms with Gasteiger partial charge in [0.2, 0.25) is 0 Å². The fourth-order valence-electron chi connectivity index (χ4n) is 9.14. The monoisotopic (exact) mass is 664 g/mol. The minimum Gasteiger partial charge on any atom is -0.247 e. The van der Waals surface area contributed by atoms with Crippen LogP contribution in [0.1, 0.15) is 55.5 Å². The van der Waals surface area contributed by atoms with Crippen LogP contribution in [0.15, 0.2) is 146 Å². The molecule has 1 heterocycles. The van der Waals surface area contributed by atoms with Crippen LogP contribution in [0.25, 0.3) is 77.4 Å². The molecule has 0 atom stereocenters. The van der Waals surface area contributed by atoms with E-state index in [9.17, 15) is 5.26 Å². The summed E-state index contributed by atoms with van der Waals surface area (Å²) in [5.41, 5.74) is 18.8. The minimum absolute atomic E-state index is 0.0912. The summed E-state index contributed by atoms with van der Waals surface area (Å²) in [6.45, 7) is 9.38. The predicted octanol–water partition coefficient (Wildman–Crippen LogP) is 12.9. The molecule has 1 aromatic heterocycles. The maximum absolute atomic E-state index is 9.52. The zero-order valence-corrected chi connectivity index (χ0v) is 29.8. The van der Waals surface area contributed by atoms with E-state index in [4.69, 9.17) is 4.98 Å². The smallest absolute Gasteiger partial charge is 0.0991 e. The second-order valence-corrected chi connectivity index (χ2v) is 15.5. The lowest BCUT2D eigenvalue weighted by Crippen LogP contribution is -2.15. The number of nitrogens with zero attached hydrogens (tertiary/aromatic N) is 2. The lowest BCUT2D eigenvalue weighted by atomic mass is 9.81. The fourth-order valence-corrected chi connectivity index (χ4v) is 9.14. The Balaban J connectivity index is 1.25. The molecule has 0 saturated heterocycles. The highest BCUT2D eigenvalue weighted by Crippen LogP contribution is 2.52. The Labute approximate surface area is 304 Å². The topological polar surface area (TPSA) is 36.7 Å². The van der Waals surface area contributed by atoms with E-state index >= 15 is 0 Å². The predicted molar refractivity (Wildman–Crippen MR) is 215 cm³/mol.